The quantitative estimate of drug-likeness (QED) is 0.305. The highest BCUT2D eigenvalue weighted by atomic mass is 16.5. The molecular weight excluding hydrogens is 430 g/mol. The Labute approximate surface area is 200 Å². The first-order valence-electron chi connectivity index (χ1n) is 11.3. The van der Waals surface area contributed by atoms with Crippen molar-refractivity contribution in [2.45, 2.75) is 26.2 Å². The molecule has 2 amide bonds. The van der Waals surface area contributed by atoms with Gasteiger partial charge in [0.1, 0.15) is 5.75 Å². The van der Waals surface area contributed by atoms with Crippen LogP contribution in [-0.4, -0.2) is 37.2 Å². The number of hydrogen-bond donors (Lipinski definition) is 4. The Kier molecular flexibility index (Phi) is 9.05. The van der Waals surface area contributed by atoms with Crippen LogP contribution < -0.4 is 20.7 Å². The van der Waals surface area contributed by atoms with Gasteiger partial charge in [0.25, 0.3) is 11.8 Å². The van der Waals surface area contributed by atoms with Gasteiger partial charge in [0.05, 0.1) is 7.11 Å². The smallest absolute Gasteiger partial charge is 0.255 e. The number of rotatable bonds is 11. The van der Waals surface area contributed by atoms with Gasteiger partial charge in [-0.25, -0.2) is 0 Å². The minimum absolute atomic E-state index is 0.110. The maximum atomic E-state index is 12.6. The van der Waals surface area contributed by atoms with Gasteiger partial charge in [-0.05, 0) is 86.3 Å². The van der Waals surface area contributed by atoms with E-state index in [0.29, 0.717) is 29.1 Å². The maximum Gasteiger partial charge on any atom is 0.255 e. The number of aliphatic hydroxyl groups is 1. The number of carbonyl (C=O) groups excluding carboxylic acids is 2. The molecule has 0 atom stereocenters. The van der Waals surface area contributed by atoms with E-state index in [0.717, 1.165) is 36.2 Å². The van der Waals surface area contributed by atoms with E-state index in [9.17, 15) is 9.59 Å². The van der Waals surface area contributed by atoms with Crippen molar-refractivity contribution in [2.75, 3.05) is 30.9 Å². The number of nitrogens with one attached hydrogen (secondary N) is 3. The molecule has 0 unspecified atom stereocenters. The molecule has 0 aromatic heterocycles. The molecule has 3 aromatic rings. The van der Waals surface area contributed by atoms with E-state index in [1.165, 1.54) is 0 Å². The fraction of sp³-hybridized carbons (Fsp3) is 0.259. The summed E-state index contributed by atoms with van der Waals surface area (Å²) in [6.45, 7) is 2.71. The van der Waals surface area contributed by atoms with Crippen molar-refractivity contribution in [2.24, 2.45) is 0 Å². The van der Waals surface area contributed by atoms with Crippen molar-refractivity contribution in [3.8, 4) is 5.75 Å². The lowest BCUT2D eigenvalue weighted by molar-refractivity contribution is 0.0952. The average Bonchev–Trinajstić information content (AvgIpc) is 2.85. The molecular formula is C27H31N3O4. The van der Waals surface area contributed by atoms with E-state index >= 15 is 0 Å². The largest absolute Gasteiger partial charge is 0.497 e. The third kappa shape index (κ3) is 7.08. The van der Waals surface area contributed by atoms with E-state index in [1.54, 1.807) is 37.4 Å². The number of aryl methyl sites for hydroxylation is 1. The summed E-state index contributed by atoms with van der Waals surface area (Å²) in [6.07, 6.45) is 2.48. The number of benzene rings is 3. The molecule has 3 aromatic carbocycles. The molecule has 0 radical (unpaired) electrons. The molecule has 0 saturated carbocycles. The van der Waals surface area contributed by atoms with Crippen molar-refractivity contribution in [1.82, 2.24) is 5.32 Å². The molecule has 0 fully saturated rings. The molecule has 7 nitrogen and oxygen atoms in total. The van der Waals surface area contributed by atoms with Crippen molar-refractivity contribution >= 4 is 28.9 Å². The summed E-state index contributed by atoms with van der Waals surface area (Å²) in [5, 5.41) is 18.0. The number of unbranched alkanes of at least 4 members (excludes halogenated alkanes) is 2. The molecule has 4 N–H and O–H groups in total. The standard InChI is InChI=1S/C27H31N3O4/c1-19-16-21(26(32)28-14-4-3-5-15-31)12-13-25(19)29-22-9-7-10-23(18-22)30-27(33)20-8-6-11-24(17-20)34-2/h6-13,16-18,29,31H,3-5,14-15H2,1-2H3,(H,28,32)(H,30,33). The van der Waals surface area contributed by atoms with Crippen LogP contribution in [0.2, 0.25) is 0 Å². The van der Waals surface area contributed by atoms with Crippen LogP contribution in [0.15, 0.2) is 66.7 Å². The van der Waals surface area contributed by atoms with Gasteiger partial charge in [-0.2, -0.15) is 0 Å². The average molecular weight is 462 g/mol. The molecule has 34 heavy (non-hydrogen) atoms. The normalized spacial score (nSPS) is 10.4. The number of amides is 2. The lowest BCUT2D eigenvalue weighted by Gasteiger charge is -2.13. The minimum atomic E-state index is -0.223. The summed E-state index contributed by atoms with van der Waals surface area (Å²) in [4.78, 5) is 25.0. The van der Waals surface area contributed by atoms with Crippen LogP contribution in [0, 0.1) is 6.92 Å². The first-order chi connectivity index (χ1) is 16.5. The molecule has 0 bridgehead atoms. The summed E-state index contributed by atoms with van der Waals surface area (Å²) < 4.78 is 5.18. The highest BCUT2D eigenvalue weighted by Gasteiger charge is 2.10. The summed E-state index contributed by atoms with van der Waals surface area (Å²) in [5.41, 5.74) is 4.38. The Morgan fingerprint density at radius 1 is 0.853 bits per heavy atom. The van der Waals surface area contributed by atoms with Crippen LogP contribution in [0.4, 0.5) is 17.1 Å². The monoisotopic (exact) mass is 461 g/mol. The van der Waals surface area contributed by atoms with Gasteiger partial charge in [-0.1, -0.05) is 12.1 Å². The SMILES string of the molecule is COc1cccc(C(=O)Nc2cccc(Nc3ccc(C(=O)NCCCCCO)cc3C)c2)c1. The second kappa shape index (κ2) is 12.4. The number of ether oxygens (including phenoxy) is 1. The summed E-state index contributed by atoms with van der Waals surface area (Å²) >= 11 is 0. The molecule has 178 valence electrons. The zero-order valence-corrected chi connectivity index (χ0v) is 19.6. The Morgan fingerprint density at radius 3 is 2.38 bits per heavy atom. The van der Waals surface area contributed by atoms with Gasteiger partial charge >= 0.3 is 0 Å². The Bertz CT molecular complexity index is 1130. The minimum Gasteiger partial charge on any atom is -0.497 e. The van der Waals surface area contributed by atoms with Crippen LogP contribution in [0.3, 0.4) is 0 Å². The number of aliphatic hydroxyl groups excluding tert-OH is 1. The lowest BCUT2D eigenvalue weighted by Crippen LogP contribution is -2.24. The van der Waals surface area contributed by atoms with E-state index in [4.69, 9.17) is 9.84 Å². The van der Waals surface area contributed by atoms with Crippen molar-refractivity contribution in [3.63, 3.8) is 0 Å². The van der Waals surface area contributed by atoms with Gasteiger partial charge in [-0.3, -0.25) is 9.59 Å². The van der Waals surface area contributed by atoms with E-state index < -0.39 is 0 Å². The second-order valence-corrected chi connectivity index (χ2v) is 7.96. The first kappa shape index (κ1) is 24.8. The summed E-state index contributed by atoms with van der Waals surface area (Å²) in [6, 6.07) is 19.9. The third-order valence-corrected chi connectivity index (χ3v) is 5.34. The van der Waals surface area contributed by atoms with Gasteiger partial charge in [0.2, 0.25) is 0 Å². The van der Waals surface area contributed by atoms with Gasteiger partial charge in [0.15, 0.2) is 0 Å². The van der Waals surface area contributed by atoms with Gasteiger partial charge < -0.3 is 25.8 Å². The summed E-state index contributed by atoms with van der Waals surface area (Å²) in [5.74, 6) is 0.289. The molecule has 0 aliphatic carbocycles. The number of hydrogen-bond acceptors (Lipinski definition) is 5. The van der Waals surface area contributed by atoms with Crippen LogP contribution in [-0.2, 0) is 0 Å². The van der Waals surface area contributed by atoms with Crippen LogP contribution in [0.1, 0.15) is 45.5 Å². The molecule has 0 spiro atoms. The predicted octanol–water partition coefficient (Wildman–Crippen LogP) is 4.89. The molecule has 0 heterocycles. The number of anilines is 3. The molecule has 7 heteroatoms. The van der Waals surface area contributed by atoms with E-state index in [1.807, 2.05) is 43.3 Å². The molecule has 0 aliphatic heterocycles. The van der Waals surface area contributed by atoms with Crippen LogP contribution in [0.5, 0.6) is 5.75 Å². The fourth-order valence-corrected chi connectivity index (χ4v) is 3.46. The Balaban J connectivity index is 1.61. The van der Waals surface area contributed by atoms with Crippen molar-refractivity contribution in [1.29, 1.82) is 0 Å². The van der Waals surface area contributed by atoms with Crippen LogP contribution in [0.25, 0.3) is 0 Å². The van der Waals surface area contributed by atoms with Crippen molar-refractivity contribution in [3.05, 3.63) is 83.4 Å². The number of carbonyl (C=O) groups is 2. The van der Waals surface area contributed by atoms with Gasteiger partial charge in [-0.15, -0.1) is 0 Å². The molecule has 0 saturated heterocycles. The molecule has 3 rings (SSSR count). The van der Waals surface area contributed by atoms with E-state index in [2.05, 4.69) is 16.0 Å². The Morgan fingerprint density at radius 2 is 1.62 bits per heavy atom. The Hall–Kier alpha value is -3.84. The number of methoxy groups -OCH3 is 1. The highest BCUT2D eigenvalue weighted by molar-refractivity contribution is 6.04. The maximum absolute atomic E-state index is 12.6. The fourth-order valence-electron chi connectivity index (χ4n) is 3.46. The molecule has 0 aliphatic rings. The lowest BCUT2D eigenvalue weighted by atomic mass is 10.1. The highest BCUT2D eigenvalue weighted by Crippen LogP contribution is 2.24. The second-order valence-electron chi connectivity index (χ2n) is 7.96. The van der Waals surface area contributed by atoms with Gasteiger partial charge in [0, 0.05) is 41.3 Å². The third-order valence-electron chi connectivity index (χ3n) is 5.34. The summed E-state index contributed by atoms with van der Waals surface area (Å²) in [7, 11) is 1.56. The first-order valence-corrected chi connectivity index (χ1v) is 11.3. The predicted molar refractivity (Wildman–Crippen MR) is 135 cm³/mol. The topological polar surface area (TPSA) is 99.7 Å². The van der Waals surface area contributed by atoms with Crippen LogP contribution >= 0.6 is 0 Å². The van der Waals surface area contributed by atoms with Crippen molar-refractivity contribution < 1.29 is 19.4 Å². The van der Waals surface area contributed by atoms with E-state index in [-0.39, 0.29) is 18.4 Å². The zero-order valence-electron chi connectivity index (χ0n) is 19.6. The zero-order chi connectivity index (χ0) is 24.3.